The van der Waals surface area contributed by atoms with Crippen molar-refractivity contribution in [2.75, 3.05) is 19.8 Å². The zero-order valence-corrected chi connectivity index (χ0v) is 10.0. The maximum atomic E-state index is 10.4. The minimum atomic E-state index is -0.452. The van der Waals surface area contributed by atoms with Gasteiger partial charge in [-0.2, -0.15) is 0 Å². The fourth-order valence-electron chi connectivity index (χ4n) is 1.65. The van der Waals surface area contributed by atoms with Gasteiger partial charge in [-0.3, -0.25) is 4.79 Å². The second-order valence-electron chi connectivity index (χ2n) is 3.95. The van der Waals surface area contributed by atoms with Gasteiger partial charge in [-0.05, 0) is 12.1 Å². The number of carbonyl (C=O) groups is 1. The smallest absolute Gasteiger partial charge is 0.243 e. The second-order valence-corrected chi connectivity index (χ2v) is 3.95. The first kappa shape index (κ1) is 12.6. The molecule has 2 rings (SSSR count). The Balaban J connectivity index is 1.72. The highest BCUT2D eigenvalue weighted by atomic mass is 16.5. The highest BCUT2D eigenvalue weighted by molar-refractivity contribution is 5.77. The lowest BCUT2D eigenvalue weighted by atomic mass is 10.2. The number of nitrogens with one attached hydrogen (secondary N) is 1. The number of carbonyl (C=O) groups excluding carboxylic acids is 1. The molecule has 0 radical (unpaired) electrons. The lowest BCUT2D eigenvalue weighted by Gasteiger charge is -2.02. The predicted molar refractivity (Wildman–Crippen MR) is 67.9 cm³/mol. The Bertz CT molecular complexity index is 489. The number of furan rings is 1. The molecule has 0 spiro atoms. The molecule has 0 aliphatic heterocycles. The molecule has 1 amide bonds. The number of benzene rings is 1. The first-order valence-corrected chi connectivity index (χ1v) is 5.80. The van der Waals surface area contributed by atoms with Gasteiger partial charge in [-0.25, -0.2) is 0 Å². The van der Waals surface area contributed by atoms with E-state index < -0.39 is 5.91 Å². The third-order valence-corrected chi connectivity index (χ3v) is 2.44. The van der Waals surface area contributed by atoms with Gasteiger partial charge in [0, 0.05) is 11.9 Å². The molecule has 1 aromatic carbocycles. The van der Waals surface area contributed by atoms with Crippen LogP contribution in [0.1, 0.15) is 5.76 Å². The van der Waals surface area contributed by atoms with Gasteiger partial charge in [0.2, 0.25) is 5.91 Å². The van der Waals surface area contributed by atoms with Crippen LogP contribution in [-0.4, -0.2) is 25.7 Å². The number of fused-ring (bicyclic) bond motifs is 1. The molecule has 3 N–H and O–H groups in total. The van der Waals surface area contributed by atoms with Gasteiger partial charge in [0.15, 0.2) is 0 Å². The summed E-state index contributed by atoms with van der Waals surface area (Å²) in [5, 5.41) is 4.26. The van der Waals surface area contributed by atoms with Crippen molar-refractivity contribution in [1.82, 2.24) is 5.32 Å². The fraction of sp³-hybridized carbons (Fsp3) is 0.308. The van der Waals surface area contributed by atoms with E-state index in [1.165, 1.54) is 0 Å². The molecule has 5 heteroatoms. The molecule has 0 unspecified atom stereocenters. The van der Waals surface area contributed by atoms with Crippen molar-refractivity contribution in [2.45, 2.75) is 6.54 Å². The molecule has 1 aromatic heterocycles. The van der Waals surface area contributed by atoms with E-state index >= 15 is 0 Å². The lowest BCUT2D eigenvalue weighted by molar-refractivity contribution is -0.122. The number of hydrogen-bond acceptors (Lipinski definition) is 4. The van der Waals surface area contributed by atoms with Crippen LogP contribution in [0.3, 0.4) is 0 Å². The zero-order valence-electron chi connectivity index (χ0n) is 10.0. The third kappa shape index (κ3) is 3.58. The van der Waals surface area contributed by atoms with Crippen LogP contribution in [0, 0.1) is 0 Å². The SMILES string of the molecule is NC(=O)COCCNCc1cc2ccccc2o1. The topological polar surface area (TPSA) is 77.5 Å². The molecule has 0 aliphatic carbocycles. The molecule has 0 bridgehead atoms. The van der Waals surface area contributed by atoms with Gasteiger partial charge >= 0.3 is 0 Å². The number of ether oxygens (including phenoxy) is 1. The summed E-state index contributed by atoms with van der Waals surface area (Å²) in [6, 6.07) is 9.88. The van der Waals surface area contributed by atoms with Gasteiger partial charge in [0.25, 0.3) is 0 Å². The van der Waals surface area contributed by atoms with E-state index in [1.54, 1.807) is 0 Å². The van der Waals surface area contributed by atoms with E-state index in [4.69, 9.17) is 14.9 Å². The maximum absolute atomic E-state index is 10.4. The molecule has 0 atom stereocenters. The summed E-state index contributed by atoms with van der Waals surface area (Å²) in [7, 11) is 0. The van der Waals surface area contributed by atoms with Crippen molar-refractivity contribution < 1.29 is 13.9 Å². The van der Waals surface area contributed by atoms with Crippen LogP contribution in [0.25, 0.3) is 11.0 Å². The van der Waals surface area contributed by atoms with Crippen molar-refractivity contribution in [3.05, 3.63) is 36.1 Å². The minimum Gasteiger partial charge on any atom is -0.460 e. The molecule has 0 fully saturated rings. The minimum absolute atomic E-state index is 0.0354. The molecule has 0 saturated carbocycles. The van der Waals surface area contributed by atoms with Gasteiger partial charge in [0.05, 0.1) is 13.2 Å². The van der Waals surface area contributed by atoms with Gasteiger partial charge in [0.1, 0.15) is 18.0 Å². The molecule has 0 saturated heterocycles. The molecule has 1 heterocycles. The first-order chi connectivity index (χ1) is 8.75. The molecular weight excluding hydrogens is 232 g/mol. The number of para-hydroxylation sites is 1. The molecule has 0 aliphatic rings. The van der Waals surface area contributed by atoms with Crippen molar-refractivity contribution >= 4 is 16.9 Å². The molecule has 5 nitrogen and oxygen atoms in total. The van der Waals surface area contributed by atoms with Crippen LogP contribution in [0.5, 0.6) is 0 Å². The standard InChI is InChI=1S/C13H16N2O3/c14-13(16)9-17-6-5-15-8-11-7-10-3-1-2-4-12(10)18-11/h1-4,7,15H,5-6,8-9H2,(H2,14,16). The first-order valence-electron chi connectivity index (χ1n) is 5.80. The van der Waals surface area contributed by atoms with Gasteiger partial charge < -0.3 is 20.2 Å². The molecular formula is C13H16N2O3. The second kappa shape index (κ2) is 6.18. The summed E-state index contributed by atoms with van der Waals surface area (Å²) >= 11 is 0. The van der Waals surface area contributed by atoms with E-state index in [0.717, 1.165) is 16.7 Å². The third-order valence-electron chi connectivity index (χ3n) is 2.44. The number of nitrogens with two attached hydrogens (primary N) is 1. The highest BCUT2D eigenvalue weighted by Gasteiger charge is 2.02. The van der Waals surface area contributed by atoms with Crippen molar-refractivity contribution in [3.63, 3.8) is 0 Å². The van der Waals surface area contributed by atoms with Gasteiger partial charge in [-0.1, -0.05) is 18.2 Å². The number of primary amides is 1. The Morgan fingerprint density at radius 2 is 2.22 bits per heavy atom. The largest absolute Gasteiger partial charge is 0.460 e. The Morgan fingerprint density at radius 1 is 1.39 bits per heavy atom. The lowest BCUT2D eigenvalue weighted by Crippen LogP contribution is -2.23. The van der Waals surface area contributed by atoms with E-state index in [1.807, 2.05) is 30.3 Å². The molecule has 96 valence electrons. The quantitative estimate of drug-likeness (QED) is 0.717. The van der Waals surface area contributed by atoms with Crippen molar-refractivity contribution in [1.29, 1.82) is 0 Å². The summed E-state index contributed by atoms with van der Waals surface area (Å²) in [5.41, 5.74) is 5.83. The van der Waals surface area contributed by atoms with Crippen molar-refractivity contribution in [3.8, 4) is 0 Å². The molecule has 18 heavy (non-hydrogen) atoms. The van der Waals surface area contributed by atoms with E-state index in [9.17, 15) is 4.79 Å². The summed E-state index contributed by atoms with van der Waals surface area (Å²) in [4.78, 5) is 10.4. The monoisotopic (exact) mass is 248 g/mol. The highest BCUT2D eigenvalue weighted by Crippen LogP contribution is 2.18. The maximum Gasteiger partial charge on any atom is 0.243 e. The summed E-state index contributed by atoms with van der Waals surface area (Å²) < 4.78 is 10.7. The normalized spacial score (nSPS) is 10.9. The van der Waals surface area contributed by atoms with Crippen LogP contribution in [0.15, 0.2) is 34.7 Å². The number of hydrogen-bond donors (Lipinski definition) is 2. The van der Waals surface area contributed by atoms with E-state index in [2.05, 4.69) is 5.32 Å². The number of rotatable bonds is 7. The van der Waals surface area contributed by atoms with Crippen LogP contribution in [0.2, 0.25) is 0 Å². The Hall–Kier alpha value is -1.85. The summed E-state index contributed by atoms with van der Waals surface area (Å²) in [6.45, 7) is 1.69. The van der Waals surface area contributed by atoms with E-state index in [0.29, 0.717) is 19.7 Å². The van der Waals surface area contributed by atoms with E-state index in [-0.39, 0.29) is 6.61 Å². The molecule has 2 aromatic rings. The van der Waals surface area contributed by atoms with Crippen LogP contribution in [-0.2, 0) is 16.1 Å². The summed E-state index contributed by atoms with van der Waals surface area (Å²) in [6.07, 6.45) is 0. The zero-order chi connectivity index (χ0) is 12.8. The Morgan fingerprint density at radius 3 is 3.00 bits per heavy atom. The predicted octanol–water partition coefficient (Wildman–Crippen LogP) is 1.02. The average molecular weight is 248 g/mol. The summed E-state index contributed by atoms with van der Waals surface area (Å²) in [5.74, 6) is 0.429. The van der Waals surface area contributed by atoms with Gasteiger partial charge in [-0.15, -0.1) is 0 Å². The van der Waals surface area contributed by atoms with Crippen molar-refractivity contribution in [2.24, 2.45) is 5.73 Å². The van der Waals surface area contributed by atoms with Crippen LogP contribution < -0.4 is 11.1 Å². The Labute approximate surface area is 105 Å². The van der Waals surface area contributed by atoms with Crippen LogP contribution >= 0.6 is 0 Å². The Kier molecular flexibility index (Phi) is 4.33. The fourth-order valence-corrected chi connectivity index (χ4v) is 1.65. The number of amides is 1. The average Bonchev–Trinajstić information content (AvgIpc) is 2.75. The van der Waals surface area contributed by atoms with Crippen LogP contribution in [0.4, 0.5) is 0 Å².